The monoisotopic (exact) mass is 373 g/mol. The third-order valence-corrected chi connectivity index (χ3v) is 5.20. The Bertz CT molecular complexity index is 753. The number of hydrogen-bond donors (Lipinski definition) is 1. The number of carbonyl (C=O) groups excluding carboxylic acids is 1. The van der Waals surface area contributed by atoms with E-state index >= 15 is 0 Å². The molecule has 1 saturated heterocycles. The van der Waals surface area contributed by atoms with Crippen molar-refractivity contribution in [3.8, 4) is 11.5 Å². The summed E-state index contributed by atoms with van der Waals surface area (Å²) >= 11 is 1.65. The maximum Gasteiger partial charge on any atom is 0.244 e. The molecule has 1 aromatic heterocycles. The quantitative estimate of drug-likeness (QED) is 0.789. The molecule has 0 unspecified atom stereocenters. The molecular formula is C19H23N3O3S. The van der Waals surface area contributed by atoms with Crippen LogP contribution in [-0.2, 0) is 4.79 Å². The van der Waals surface area contributed by atoms with Crippen LogP contribution in [0.5, 0.6) is 11.5 Å². The molecule has 1 aliphatic rings. The molecule has 1 aromatic carbocycles. The summed E-state index contributed by atoms with van der Waals surface area (Å²) in [6.07, 6.45) is 7.02. The molecule has 2 heterocycles. The molecule has 0 spiro atoms. The van der Waals surface area contributed by atoms with Crippen molar-refractivity contribution in [1.29, 1.82) is 0 Å². The van der Waals surface area contributed by atoms with Gasteiger partial charge in [-0.25, -0.2) is 4.98 Å². The average molecular weight is 373 g/mol. The second-order valence-electron chi connectivity index (χ2n) is 6.03. The molecule has 0 saturated carbocycles. The molecule has 7 heteroatoms. The van der Waals surface area contributed by atoms with Gasteiger partial charge in [0.15, 0.2) is 16.6 Å². The van der Waals surface area contributed by atoms with Crippen molar-refractivity contribution in [3.63, 3.8) is 0 Å². The molecule has 0 bridgehead atoms. The second kappa shape index (κ2) is 8.71. The van der Waals surface area contributed by atoms with Gasteiger partial charge in [0.25, 0.3) is 0 Å². The summed E-state index contributed by atoms with van der Waals surface area (Å²) < 4.78 is 10.5. The minimum atomic E-state index is -0.0764. The topological polar surface area (TPSA) is 63.7 Å². The van der Waals surface area contributed by atoms with Gasteiger partial charge in [-0.3, -0.25) is 4.79 Å². The lowest BCUT2D eigenvalue weighted by Gasteiger charge is -2.31. The molecule has 2 aromatic rings. The number of rotatable bonds is 6. The van der Waals surface area contributed by atoms with Gasteiger partial charge in [0.05, 0.1) is 14.2 Å². The summed E-state index contributed by atoms with van der Waals surface area (Å²) in [4.78, 5) is 18.8. The van der Waals surface area contributed by atoms with Gasteiger partial charge in [-0.15, -0.1) is 11.3 Å². The normalized spacial score (nSPS) is 15.2. The molecule has 0 radical (unpaired) electrons. The highest BCUT2D eigenvalue weighted by Crippen LogP contribution is 2.28. The van der Waals surface area contributed by atoms with Gasteiger partial charge in [-0.1, -0.05) is 6.07 Å². The molecule has 3 rings (SSSR count). The van der Waals surface area contributed by atoms with Crippen LogP contribution in [0.3, 0.4) is 0 Å². The summed E-state index contributed by atoms with van der Waals surface area (Å²) in [5.74, 6) is 1.23. The highest BCUT2D eigenvalue weighted by molar-refractivity contribution is 7.13. The van der Waals surface area contributed by atoms with Crippen molar-refractivity contribution >= 4 is 28.5 Å². The second-order valence-corrected chi connectivity index (χ2v) is 6.91. The zero-order chi connectivity index (χ0) is 18.4. The number of benzene rings is 1. The summed E-state index contributed by atoms with van der Waals surface area (Å²) in [6.45, 7) is 1.83. The van der Waals surface area contributed by atoms with E-state index in [1.165, 1.54) is 0 Å². The summed E-state index contributed by atoms with van der Waals surface area (Å²) in [6, 6.07) is 5.76. The Morgan fingerprint density at radius 1 is 1.27 bits per heavy atom. The fraction of sp³-hybridized carbons (Fsp3) is 0.368. The van der Waals surface area contributed by atoms with E-state index in [4.69, 9.17) is 9.47 Å². The number of nitrogens with one attached hydrogen (secondary N) is 1. The summed E-state index contributed by atoms with van der Waals surface area (Å²) in [5, 5.41) is 6.13. The Hall–Kier alpha value is -2.54. The zero-order valence-electron chi connectivity index (χ0n) is 15.0. The molecule has 1 N–H and O–H groups in total. The first-order chi connectivity index (χ1) is 12.7. The number of carbonyl (C=O) groups is 1. The van der Waals surface area contributed by atoms with Crippen molar-refractivity contribution < 1.29 is 14.3 Å². The lowest BCUT2D eigenvalue weighted by Crippen LogP contribution is -2.44. The van der Waals surface area contributed by atoms with Gasteiger partial charge in [0.2, 0.25) is 5.91 Å². The number of piperidine rings is 1. The number of anilines is 1. The Morgan fingerprint density at radius 3 is 2.69 bits per heavy atom. The predicted molar refractivity (Wildman–Crippen MR) is 104 cm³/mol. The Balaban J connectivity index is 1.50. The predicted octanol–water partition coefficient (Wildman–Crippen LogP) is 2.96. The van der Waals surface area contributed by atoms with Gasteiger partial charge in [-0.2, -0.15) is 0 Å². The SMILES string of the molecule is COc1ccc(/C=C/C(=O)NC2CCN(c3nccs3)CC2)cc1OC. The average Bonchev–Trinajstić information content (AvgIpc) is 3.21. The van der Waals surface area contributed by atoms with Gasteiger partial charge in [0.1, 0.15) is 0 Å². The minimum Gasteiger partial charge on any atom is -0.493 e. The number of nitrogens with zero attached hydrogens (tertiary/aromatic N) is 2. The van der Waals surface area contributed by atoms with E-state index in [1.807, 2.05) is 29.8 Å². The van der Waals surface area contributed by atoms with Gasteiger partial charge in [0, 0.05) is 36.8 Å². The fourth-order valence-corrected chi connectivity index (χ4v) is 3.66. The van der Waals surface area contributed by atoms with E-state index in [1.54, 1.807) is 37.7 Å². The van der Waals surface area contributed by atoms with E-state index in [-0.39, 0.29) is 11.9 Å². The fourth-order valence-electron chi connectivity index (χ4n) is 2.96. The van der Waals surface area contributed by atoms with Crippen LogP contribution in [0.1, 0.15) is 18.4 Å². The lowest BCUT2D eigenvalue weighted by molar-refractivity contribution is -0.117. The first-order valence-corrected chi connectivity index (χ1v) is 9.42. The number of methoxy groups -OCH3 is 2. The van der Waals surface area contributed by atoms with Gasteiger partial charge < -0.3 is 19.7 Å². The van der Waals surface area contributed by atoms with Crippen molar-refractivity contribution in [2.45, 2.75) is 18.9 Å². The van der Waals surface area contributed by atoms with Gasteiger partial charge in [-0.05, 0) is 36.6 Å². The van der Waals surface area contributed by atoms with Crippen molar-refractivity contribution in [3.05, 3.63) is 41.4 Å². The molecule has 1 amide bonds. The molecule has 0 aliphatic carbocycles. The molecule has 1 fully saturated rings. The smallest absolute Gasteiger partial charge is 0.244 e. The van der Waals surface area contributed by atoms with Crippen LogP contribution in [0.15, 0.2) is 35.9 Å². The largest absolute Gasteiger partial charge is 0.493 e. The van der Waals surface area contributed by atoms with Crippen molar-refractivity contribution in [2.24, 2.45) is 0 Å². The molecule has 0 atom stereocenters. The molecule has 6 nitrogen and oxygen atoms in total. The van der Waals surface area contributed by atoms with Crippen LogP contribution in [-0.4, -0.2) is 44.2 Å². The van der Waals surface area contributed by atoms with Crippen LogP contribution < -0.4 is 19.7 Å². The number of aromatic nitrogens is 1. The first-order valence-electron chi connectivity index (χ1n) is 8.54. The zero-order valence-corrected chi connectivity index (χ0v) is 15.8. The minimum absolute atomic E-state index is 0.0764. The third kappa shape index (κ3) is 4.54. The maximum atomic E-state index is 12.2. The molecule has 138 valence electrons. The van der Waals surface area contributed by atoms with Crippen LogP contribution in [0, 0.1) is 0 Å². The molecule has 26 heavy (non-hydrogen) atoms. The van der Waals surface area contributed by atoms with Crippen molar-refractivity contribution in [2.75, 3.05) is 32.2 Å². The van der Waals surface area contributed by atoms with Crippen LogP contribution in [0.4, 0.5) is 5.13 Å². The number of thiazole rings is 1. The van der Waals surface area contributed by atoms with E-state index in [0.717, 1.165) is 36.6 Å². The Morgan fingerprint density at radius 2 is 2.04 bits per heavy atom. The van der Waals surface area contributed by atoms with Gasteiger partial charge >= 0.3 is 0 Å². The van der Waals surface area contributed by atoms with Crippen LogP contribution >= 0.6 is 11.3 Å². The number of amides is 1. The number of ether oxygens (including phenoxy) is 2. The molecule has 1 aliphatic heterocycles. The van der Waals surface area contributed by atoms with Crippen LogP contribution in [0.25, 0.3) is 6.08 Å². The van der Waals surface area contributed by atoms with E-state index in [0.29, 0.717) is 11.5 Å². The number of hydrogen-bond acceptors (Lipinski definition) is 6. The summed E-state index contributed by atoms with van der Waals surface area (Å²) in [7, 11) is 3.19. The first kappa shape index (κ1) is 18.3. The highest BCUT2D eigenvalue weighted by Gasteiger charge is 2.21. The van der Waals surface area contributed by atoms with E-state index in [2.05, 4.69) is 15.2 Å². The maximum absolute atomic E-state index is 12.2. The van der Waals surface area contributed by atoms with E-state index in [9.17, 15) is 4.79 Å². The highest BCUT2D eigenvalue weighted by atomic mass is 32.1. The standard InChI is InChI=1S/C19H23N3O3S/c1-24-16-5-3-14(13-17(16)25-2)4-6-18(23)21-15-7-10-22(11-8-15)19-20-9-12-26-19/h3-6,9,12-13,15H,7-8,10-11H2,1-2H3,(H,21,23)/b6-4+. The third-order valence-electron chi connectivity index (χ3n) is 4.37. The van der Waals surface area contributed by atoms with Crippen molar-refractivity contribution in [1.82, 2.24) is 10.3 Å². The van der Waals surface area contributed by atoms with E-state index < -0.39 is 0 Å². The lowest BCUT2D eigenvalue weighted by atomic mass is 10.1. The summed E-state index contributed by atoms with van der Waals surface area (Å²) in [5.41, 5.74) is 0.886. The Kier molecular flexibility index (Phi) is 6.12. The van der Waals surface area contributed by atoms with Crippen LogP contribution in [0.2, 0.25) is 0 Å². The molecular weight excluding hydrogens is 350 g/mol. The Labute approximate surface area is 157 Å².